The Hall–Kier alpha value is -2.53. The molecule has 1 heterocycles. The molecular formula is C22H23ClN2O3. The van der Waals surface area contributed by atoms with Gasteiger partial charge in [-0.1, -0.05) is 41.9 Å². The number of carboxylic acid groups (broad SMARTS) is 1. The quantitative estimate of drug-likeness (QED) is 0.810. The van der Waals surface area contributed by atoms with Gasteiger partial charge in [0.2, 0.25) is 5.91 Å². The van der Waals surface area contributed by atoms with Crippen molar-refractivity contribution in [3.05, 3.63) is 64.7 Å². The molecule has 4 rings (SSSR count). The summed E-state index contributed by atoms with van der Waals surface area (Å²) in [4.78, 5) is 26.9. The van der Waals surface area contributed by atoms with E-state index in [1.165, 1.54) is 0 Å². The first-order valence-corrected chi connectivity index (χ1v) is 9.93. The molecule has 2 aromatic carbocycles. The minimum Gasteiger partial charge on any atom is -0.481 e. The molecule has 2 aliphatic rings. The fraction of sp³-hybridized carbons (Fsp3) is 0.364. The molecule has 146 valence electrons. The maximum Gasteiger partial charge on any atom is 0.310 e. The zero-order valence-electron chi connectivity index (χ0n) is 15.5. The largest absolute Gasteiger partial charge is 0.481 e. The molecule has 28 heavy (non-hydrogen) atoms. The summed E-state index contributed by atoms with van der Waals surface area (Å²) < 4.78 is 0. The number of nitrogens with one attached hydrogen (secondary N) is 1. The van der Waals surface area contributed by atoms with Crippen molar-refractivity contribution in [2.45, 2.75) is 31.7 Å². The molecule has 1 aliphatic heterocycles. The fourth-order valence-electron chi connectivity index (χ4n) is 4.42. The molecule has 1 saturated heterocycles. The second-order valence-corrected chi connectivity index (χ2v) is 8.30. The summed E-state index contributed by atoms with van der Waals surface area (Å²) in [5.74, 6) is -1.08. The third-order valence-electron chi connectivity index (χ3n) is 5.86. The third kappa shape index (κ3) is 3.72. The van der Waals surface area contributed by atoms with Crippen molar-refractivity contribution in [1.82, 2.24) is 5.32 Å². The van der Waals surface area contributed by atoms with Crippen molar-refractivity contribution >= 4 is 29.2 Å². The highest BCUT2D eigenvalue weighted by atomic mass is 35.5. The monoisotopic (exact) mass is 398 g/mol. The van der Waals surface area contributed by atoms with Crippen molar-refractivity contribution in [3.8, 4) is 0 Å². The standard InChI is InChI=1S/C22H23ClN2O3/c23-17-6-3-7-19(10-17)25-9-8-18(14-25)24-20(26)13-22(21(27)28)11-15-4-1-2-5-16(15)12-22/h1-7,10,18H,8-9,11-14H2,(H,24,26)(H,27,28). The summed E-state index contributed by atoms with van der Waals surface area (Å²) >= 11 is 6.07. The van der Waals surface area contributed by atoms with E-state index in [2.05, 4.69) is 10.2 Å². The Labute approximate surface area is 169 Å². The van der Waals surface area contributed by atoms with E-state index in [0.29, 0.717) is 24.4 Å². The van der Waals surface area contributed by atoms with Crippen LogP contribution in [0.5, 0.6) is 0 Å². The molecule has 1 aliphatic carbocycles. The lowest BCUT2D eigenvalue weighted by molar-refractivity contribution is -0.151. The van der Waals surface area contributed by atoms with Gasteiger partial charge in [0.25, 0.3) is 0 Å². The summed E-state index contributed by atoms with van der Waals surface area (Å²) in [5.41, 5.74) is 2.06. The van der Waals surface area contributed by atoms with Crippen LogP contribution in [0.15, 0.2) is 48.5 Å². The highest BCUT2D eigenvalue weighted by Gasteiger charge is 2.45. The zero-order chi connectivity index (χ0) is 19.7. The van der Waals surface area contributed by atoms with Crippen LogP contribution in [-0.4, -0.2) is 36.1 Å². The maximum atomic E-state index is 12.7. The van der Waals surface area contributed by atoms with Gasteiger partial charge in [-0.2, -0.15) is 0 Å². The first-order valence-electron chi connectivity index (χ1n) is 9.55. The van der Waals surface area contributed by atoms with Crippen LogP contribution in [0.4, 0.5) is 5.69 Å². The normalized spacial score (nSPS) is 20.0. The summed E-state index contributed by atoms with van der Waals surface area (Å²) in [6.07, 6.45) is 1.65. The van der Waals surface area contributed by atoms with Crippen LogP contribution in [0.2, 0.25) is 5.02 Å². The minimum atomic E-state index is -1.04. The molecule has 1 unspecified atom stereocenters. The van der Waals surface area contributed by atoms with Gasteiger partial charge in [-0.15, -0.1) is 0 Å². The number of carbonyl (C=O) groups is 2. The number of carbonyl (C=O) groups excluding carboxylic acids is 1. The van der Waals surface area contributed by atoms with E-state index < -0.39 is 11.4 Å². The molecule has 1 amide bonds. The van der Waals surface area contributed by atoms with Crippen LogP contribution in [0.1, 0.15) is 24.0 Å². The molecule has 2 N–H and O–H groups in total. The number of anilines is 1. The van der Waals surface area contributed by atoms with Crippen molar-refractivity contribution in [2.24, 2.45) is 5.41 Å². The maximum absolute atomic E-state index is 12.7. The number of carboxylic acids is 1. The molecule has 1 fully saturated rings. The average Bonchev–Trinajstić information content (AvgIpc) is 3.26. The van der Waals surface area contributed by atoms with Gasteiger partial charge in [-0.25, -0.2) is 0 Å². The lowest BCUT2D eigenvalue weighted by Gasteiger charge is -2.24. The fourth-order valence-corrected chi connectivity index (χ4v) is 4.60. The second-order valence-electron chi connectivity index (χ2n) is 7.86. The zero-order valence-corrected chi connectivity index (χ0v) is 16.3. The Balaban J connectivity index is 1.38. The number of hydrogen-bond acceptors (Lipinski definition) is 3. The van der Waals surface area contributed by atoms with Crippen molar-refractivity contribution < 1.29 is 14.7 Å². The van der Waals surface area contributed by atoms with E-state index in [9.17, 15) is 14.7 Å². The number of nitrogens with zero attached hydrogens (tertiary/aromatic N) is 1. The number of rotatable bonds is 5. The molecular weight excluding hydrogens is 376 g/mol. The molecule has 6 heteroatoms. The summed E-state index contributed by atoms with van der Waals surface area (Å²) in [6, 6.07) is 15.4. The highest BCUT2D eigenvalue weighted by Crippen LogP contribution is 2.40. The van der Waals surface area contributed by atoms with E-state index in [1.807, 2.05) is 48.5 Å². The van der Waals surface area contributed by atoms with E-state index in [-0.39, 0.29) is 18.4 Å². The van der Waals surface area contributed by atoms with E-state index in [0.717, 1.165) is 29.8 Å². The van der Waals surface area contributed by atoms with Crippen LogP contribution in [0.25, 0.3) is 0 Å². The average molecular weight is 399 g/mol. The SMILES string of the molecule is O=C(CC1(C(=O)O)Cc2ccccc2C1)NC1CCN(c2cccc(Cl)c2)C1. The lowest BCUT2D eigenvalue weighted by atomic mass is 9.81. The molecule has 5 nitrogen and oxygen atoms in total. The number of hydrogen-bond donors (Lipinski definition) is 2. The Bertz CT molecular complexity index is 889. The first-order chi connectivity index (χ1) is 13.4. The Kier molecular flexibility index (Phi) is 5.02. The smallest absolute Gasteiger partial charge is 0.310 e. The molecule has 0 saturated carbocycles. The minimum absolute atomic E-state index is 0.00464. The number of fused-ring (bicyclic) bond motifs is 1. The topological polar surface area (TPSA) is 69.6 Å². The first kappa shape index (κ1) is 18.8. The van der Waals surface area contributed by atoms with Gasteiger partial charge in [0, 0.05) is 36.3 Å². The van der Waals surface area contributed by atoms with Crippen LogP contribution in [0.3, 0.4) is 0 Å². The predicted molar refractivity (Wildman–Crippen MR) is 109 cm³/mol. The van der Waals surface area contributed by atoms with Crippen molar-refractivity contribution in [3.63, 3.8) is 0 Å². The van der Waals surface area contributed by atoms with Crippen LogP contribution >= 0.6 is 11.6 Å². The number of amides is 1. The number of aliphatic carboxylic acids is 1. The summed E-state index contributed by atoms with van der Waals surface area (Å²) in [7, 11) is 0. The summed E-state index contributed by atoms with van der Waals surface area (Å²) in [6.45, 7) is 1.53. The molecule has 0 radical (unpaired) electrons. The second kappa shape index (κ2) is 7.47. The molecule has 2 aromatic rings. The van der Waals surface area contributed by atoms with Gasteiger partial charge in [0.05, 0.1) is 5.41 Å². The lowest BCUT2D eigenvalue weighted by Crippen LogP contribution is -2.42. The van der Waals surface area contributed by atoms with Gasteiger partial charge in [-0.05, 0) is 48.6 Å². The predicted octanol–water partition coefficient (Wildman–Crippen LogP) is 3.29. The molecule has 0 aromatic heterocycles. The van der Waals surface area contributed by atoms with Crippen LogP contribution in [-0.2, 0) is 22.4 Å². The molecule has 0 spiro atoms. The van der Waals surface area contributed by atoms with E-state index >= 15 is 0 Å². The molecule has 1 atom stereocenters. The Morgan fingerprint density at radius 3 is 2.50 bits per heavy atom. The van der Waals surface area contributed by atoms with Crippen LogP contribution in [0, 0.1) is 5.41 Å². The van der Waals surface area contributed by atoms with Crippen molar-refractivity contribution in [2.75, 3.05) is 18.0 Å². The van der Waals surface area contributed by atoms with Crippen LogP contribution < -0.4 is 10.2 Å². The summed E-state index contributed by atoms with van der Waals surface area (Å²) in [5, 5.41) is 13.6. The van der Waals surface area contributed by atoms with Gasteiger partial charge in [0.15, 0.2) is 0 Å². The number of benzene rings is 2. The van der Waals surface area contributed by atoms with Gasteiger partial charge < -0.3 is 15.3 Å². The van der Waals surface area contributed by atoms with E-state index in [1.54, 1.807) is 0 Å². The van der Waals surface area contributed by atoms with E-state index in [4.69, 9.17) is 11.6 Å². The van der Waals surface area contributed by atoms with Crippen molar-refractivity contribution in [1.29, 1.82) is 0 Å². The van der Waals surface area contributed by atoms with Gasteiger partial charge in [-0.3, -0.25) is 9.59 Å². The number of halogens is 1. The third-order valence-corrected chi connectivity index (χ3v) is 6.09. The van der Waals surface area contributed by atoms with Gasteiger partial charge in [0.1, 0.15) is 0 Å². The Morgan fingerprint density at radius 1 is 1.14 bits per heavy atom. The molecule has 0 bridgehead atoms. The highest BCUT2D eigenvalue weighted by molar-refractivity contribution is 6.30. The van der Waals surface area contributed by atoms with Gasteiger partial charge >= 0.3 is 5.97 Å². The Morgan fingerprint density at radius 2 is 1.86 bits per heavy atom.